The lowest BCUT2D eigenvalue weighted by Crippen LogP contribution is -2.47. The molecule has 3 rings (SSSR count). The smallest absolute Gasteiger partial charge is 0.263 e. The van der Waals surface area contributed by atoms with Gasteiger partial charge in [-0.05, 0) is 47.6 Å². The van der Waals surface area contributed by atoms with Gasteiger partial charge in [-0.25, -0.2) is 13.9 Å². The van der Waals surface area contributed by atoms with Crippen LogP contribution in [0.3, 0.4) is 0 Å². The molecule has 1 aliphatic heterocycles. The van der Waals surface area contributed by atoms with Gasteiger partial charge in [-0.2, -0.15) is 4.31 Å². The van der Waals surface area contributed by atoms with E-state index in [2.05, 4.69) is 43.8 Å². The van der Waals surface area contributed by atoms with Crippen LogP contribution < -0.4 is 5.48 Å². The predicted octanol–water partition coefficient (Wildman–Crippen LogP) is 3.53. The molecule has 30 heavy (non-hydrogen) atoms. The summed E-state index contributed by atoms with van der Waals surface area (Å²) >= 11 is 0. The van der Waals surface area contributed by atoms with E-state index in [1.54, 1.807) is 0 Å². The molecule has 0 spiro atoms. The zero-order valence-corrected chi connectivity index (χ0v) is 17.7. The minimum atomic E-state index is -3.91. The van der Waals surface area contributed by atoms with Crippen molar-refractivity contribution >= 4 is 21.5 Å². The van der Waals surface area contributed by atoms with Crippen LogP contribution in [0.1, 0.15) is 24.0 Å². The molecule has 2 aromatic carbocycles. The largest absolute Gasteiger partial charge is 0.289 e. The molecule has 1 atom stereocenters. The topological polar surface area (TPSA) is 86.7 Å². The summed E-state index contributed by atoms with van der Waals surface area (Å²) in [7, 11) is -3.91. The standard InChI is InChI=1S/C23H26N2O4S/c1-3-7-22(23(26)24-27)30(28,29)25-14-12-18(13-15-25)20-10-11-21(17(2)16-20)19-8-5-4-6-9-19/h3-6,8-12,16,22,27H,1,7,13-15H2,2H3,(H,24,26)/t22-/m1/s1. The Bertz CT molecular complexity index is 1060. The molecule has 6 nitrogen and oxygen atoms in total. The van der Waals surface area contributed by atoms with Crippen LogP contribution in [0, 0.1) is 6.92 Å². The number of rotatable bonds is 7. The fraction of sp³-hybridized carbons (Fsp3) is 0.261. The van der Waals surface area contributed by atoms with Crippen LogP contribution >= 0.6 is 0 Å². The molecule has 0 unspecified atom stereocenters. The van der Waals surface area contributed by atoms with Gasteiger partial charge in [-0.1, -0.05) is 60.7 Å². The molecule has 1 amide bonds. The molecular formula is C23H26N2O4S. The fourth-order valence-electron chi connectivity index (χ4n) is 3.72. The number of hydrogen-bond donors (Lipinski definition) is 2. The van der Waals surface area contributed by atoms with Gasteiger partial charge in [0.25, 0.3) is 5.91 Å². The predicted molar refractivity (Wildman–Crippen MR) is 118 cm³/mol. The number of nitrogens with zero attached hydrogens (tertiary/aromatic N) is 1. The summed E-state index contributed by atoms with van der Waals surface area (Å²) in [5.74, 6) is -0.947. The number of hydrogen-bond acceptors (Lipinski definition) is 4. The highest BCUT2D eigenvalue weighted by Gasteiger charge is 2.37. The minimum absolute atomic E-state index is 0.0675. The Balaban J connectivity index is 1.80. The van der Waals surface area contributed by atoms with Crippen molar-refractivity contribution in [3.8, 4) is 11.1 Å². The van der Waals surface area contributed by atoms with Crippen molar-refractivity contribution < 1.29 is 18.4 Å². The van der Waals surface area contributed by atoms with Crippen molar-refractivity contribution in [3.63, 3.8) is 0 Å². The Morgan fingerprint density at radius 3 is 2.53 bits per heavy atom. The molecule has 2 aromatic rings. The van der Waals surface area contributed by atoms with E-state index in [9.17, 15) is 13.2 Å². The maximum atomic E-state index is 12.9. The Morgan fingerprint density at radius 2 is 1.97 bits per heavy atom. The lowest BCUT2D eigenvalue weighted by molar-refractivity contribution is -0.128. The molecule has 0 saturated heterocycles. The monoisotopic (exact) mass is 426 g/mol. The van der Waals surface area contributed by atoms with Gasteiger partial charge in [0.15, 0.2) is 5.25 Å². The lowest BCUT2D eigenvalue weighted by atomic mass is 9.94. The van der Waals surface area contributed by atoms with Crippen LogP contribution in [0.5, 0.6) is 0 Å². The Labute approximate surface area is 177 Å². The number of nitrogens with one attached hydrogen (secondary N) is 1. The third kappa shape index (κ3) is 4.53. The molecule has 0 saturated carbocycles. The zero-order valence-electron chi connectivity index (χ0n) is 16.9. The first kappa shape index (κ1) is 22.0. The molecule has 1 aliphatic rings. The van der Waals surface area contributed by atoms with Gasteiger partial charge < -0.3 is 0 Å². The number of benzene rings is 2. The average molecular weight is 427 g/mol. The lowest BCUT2D eigenvalue weighted by Gasteiger charge is -2.29. The quantitative estimate of drug-likeness (QED) is 0.403. The highest BCUT2D eigenvalue weighted by Crippen LogP contribution is 2.30. The van der Waals surface area contributed by atoms with E-state index in [1.165, 1.54) is 21.4 Å². The normalized spacial score (nSPS) is 15.9. The molecule has 0 fully saturated rings. The van der Waals surface area contributed by atoms with Crippen LogP contribution in [-0.4, -0.2) is 42.2 Å². The summed E-state index contributed by atoms with van der Waals surface area (Å²) in [4.78, 5) is 11.8. The van der Waals surface area contributed by atoms with Gasteiger partial charge in [-0.15, -0.1) is 6.58 Å². The SMILES string of the molecule is C=CC[C@H](C(=O)NO)S(=O)(=O)N1CC=C(c2ccc(-c3ccccc3)c(C)c2)CC1. The highest BCUT2D eigenvalue weighted by molar-refractivity contribution is 7.90. The number of hydroxylamine groups is 1. The summed E-state index contributed by atoms with van der Waals surface area (Å²) in [6.07, 6.45) is 3.73. The van der Waals surface area contributed by atoms with Gasteiger partial charge in [0, 0.05) is 13.1 Å². The van der Waals surface area contributed by atoms with Crippen molar-refractivity contribution in [1.82, 2.24) is 9.79 Å². The summed E-state index contributed by atoms with van der Waals surface area (Å²) in [5.41, 5.74) is 7.08. The van der Waals surface area contributed by atoms with Gasteiger partial charge in [0.05, 0.1) is 0 Å². The first-order valence-corrected chi connectivity index (χ1v) is 11.3. The molecule has 0 aromatic heterocycles. The minimum Gasteiger partial charge on any atom is -0.289 e. The highest BCUT2D eigenvalue weighted by atomic mass is 32.2. The molecule has 0 radical (unpaired) electrons. The number of aryl methyl sites for hydroxylation is 1. The van der Waals surface area contributed by atoms with E-state index in [4.69, 9.17) is 5.21 Å². The van der Waals surface area contributed by atoms with Crippen molar-refractivity contribution in [2.24, 2.45) is 0 Å². The van der Waals surface area contributed by atoms with Crippen molar-refractivity contribution in [1.29, 1.82) is 0 Å². The molecule has 1 heterocycles. The van der Waals surface area contributed by atoms with Crippen LogP contribution in [0.15, 0.2) is 67.3 Å². The van der Waals surface area contributed by atoms with E-state index in [0.717, 1.165) is 22.3 Å². The maximum absolute atomic E-state index is 12.9. The number of sulfonamides is 1. The van der Waals surface area contributed by atoms with Crippen LogP contribution in [0.2, 0.25) is 0 Å². The van der Waals surface area contributed by atoms with Gasteiger partial charge in [0.2, 0.25) is 10.0 Å². The van der Waals surface area contributed by atoms with Crippen molar-refractivity contribution in [3.05, 3.63) is 78.4 Å². The Hall–Kier alpha value is -2.74. The van der Waals surface area contributed by atoms with E-state index in [-0.39, 0.29) is 19.5 Å². The molecule has 0 aliphatic carbocycles. The number of carbonyl (C=O) groups is 1. The van der Waals surface area contributed by atoms with Crippen molar-refractivity contribution in [2.45, 2.75) is 25.0 Å². The Morgan fingerprint density at radius 1 is 1.23 bits per heavy atom. The average Bonchev–Trinajstić information content (AvgIpc) is 2.77. The molecule has 7 heteroatoms. The van der Waals surface area contributed by atoms with E-state index in [1.807, 2.05) is 24.3 Å². The molecule has 2 N–H and O–H groups in total. The van der Waals surface area contributed by atoms with Crippen LogP contribution in [0.4, 0.5) is 0 Å². The summed E-state index contributed by atoms with van der Waals surface area (Å²) in [6, 6.07) is 16.4. The first-order valence-electron chi connectivity index (χ1n) is 9.77. The second-order valence-electron chi connectivity index (χ2n) is 7.27. The van der Waals surface area contributed by atoms with E-state index < -0.39 is 21.2 Å². The number of carbonyl (C=O) groups excluding carboxylic acids is 1. The second-order valence-corrected chi connectivity index (χ2v) is 9.38. The second kappa shape index (κ2) is 9.38. The van der Waals surface area contributed by atoms with Gasteiger partial charge in [-0.3, -0.25) is 10.0 Å². The van der Waals surface area contributed by atoms with E-state index in [0.29, 0.717) is 6.42 Å². The molecule has 158 valence electrons. The fourth-order valence-corrected chi connectivity index (χ4v) is 5.41. The molecule has 0 bridgehead atoms. The van der Waals surface area contributed by atoms with Crippen LogP contribution in [0.25, 0.3) is 16.7 Å². The number of allylic oxidation sites excluding steroid dienone is 1. The maximum Gasteiger partial charge on any atom is 0.263 e. The summed E-state index contributed by atoms with van der Waals surface area (Å²) < 4.78 is 27.0. The van der Waals surface area contributed by atoms with Gasteiger partial charge >= 0.3 is 0 Å². The van der Waals surface area contributed by atoms with E-state index >= 15 is 0 Å². The van der Waals surface area contributed by atoms with Crippen molar-refractivity contribution in [2.75, 3.05) is 13.1 Å². The van der Waals surface area contributed by atoms with Gasteiger partial charge in [0.1, 0.15) is 0 Å². The van der Waals surface area contributed by atoms with Crippen LogP contribution in [-0.2, 0) is 14.8 Å². The number of amides is 1. The Kier molecular flexibility index (Phi) is 6.87. The zero-order chi connectivity index (χ0) is 21.7. The molecular weight excluding hydrogens is 400 g/mol. The summed E-state index contributed by atoms with van der Waals surface area (Å²) in [6.45, 7) is 6.04. The third-order valence-corrected chi connectivity index (χ3v) is 7.53. The third-order valence-electron chi connectivity index (χ3n) is 5.36. The summed E-state index contributed by atoms with van der Waals surface area (Å²) in [5, 5.41) is 7.50. The first-order chi connectivity index (χ1) is 14.4.